The van der Waals surface area contributed by atoms with Gasteiger partial charge in [0.15, 0.2) is 0 Å². The van der Waals surface area contributed by atoms with Gasteiger partial charge < -0.3 is 16.4 Å². The highest BCUT2D eigenvalue weighted by Gasteiger charge is 2.24. The fourth-order valence-electron chi connectivity index (χ4n) is 2.23. The number of carbonyl (C=O) groups excluding carboxylic acids is 1. The number of amides is 1. The van der Waals surface area contributed by atoms with E-state index in [-0.39, 0.29) is 23.9 Å². The Morgan fingerprint density at radius 2 is 2.05 bits per heavy atom. The standard InChI is InChI=1S/C17H29N3OS/c1-5-11(2)16(19-9-14(18)10-22)17(21)20-15-8-6-7-12(3)13(15)4/h6-8,11,14,16,19,22H,5,9-10,18H2,1-4H3,(H,20,21)/t11-,14+,16-/m0/s1. The van der Waals surface area contributed by atoms with Gasteiger partial charge in [-0.1, -0.05) is 32.4 Å². The number of hydrogen-bond acceptors (Lipinski definition) is 4. The van der Waals surface area contributed by atoms with E-state index in [1.165, 1.54) is 5.56 Å². The van der Waals surface area contributed by atoms with Crippen LogP contribution >= 0.6 is 12.6 Å². The van der Waals surface area contributed by atoms with Crippen molar-refractivity contribution in [2.45, 2.75) is 46.2 Å². The molecule has 0 aliphatic carbocycles. The molecular formula is C17H29N3OS. The Kier molecular flexibility index (Phi) is 7.93. The molecule has 5 heteroatoms. The van der Waals surface area contributed by atoms with E-state index in [2.05, 4.69) is 37.1 Å². The molecule has 0 fully saturated rings. The number of thiol groups is 1. The quantitative estimate of drug-likeness (QED) is 0.556. The van der Waals surface area contributed by atoms with Crippen molar-refractivity contribution in [3.05, 3.63) is 29.3 Å². The van der Waals surface area contributed by atoms with E-state index in [0.717, 1.165) is 17.7 Å². The highest BCUT2D eigenvalue weighted by molar-refractivity contribution is 7.80. The number of nitrogens with two attached hydrogens (primary N) is 1. The highest BCUT2D eigenvalue weighted by Crippen LogP contribution is 2.19. The number of nitrogens with one attached hydrogen (secondary N) is 2. The molecule has 1 aromatic rings. The monoisotopic (exact) mass is 323 g/mol. The van der Waals surface area contributed by atoms with Gasteiger partial charge in [-0.25, -0.2) is 0 Å². The van der Waals surface area contributed by atoms with Crippen LogP contribution in [0.1, 0.15) is 31.4 Å². The van der Waals surface area contributed by atoms with Gasteiger partial charge >= 0.3 is 0 Å². The number of hydrogen-bond donors (Lipinski definition) is 4. The molecule has 0 saturated heterocycles. The second-order valence-corrected chi connectivity index (χ2v) is 6.32. The number of carbonyl (C=O) groups is 1. The van der Waals surface area contributed by atoms with Gasteiger partial charge in [0.1, 0.15) is 0 Å². The third kappa shape index (κ3) is 5.30. The van der Waals surface area contributed by atoms with Crippen molar-refractivity contribution in [3.63, 3.8) is 0 Å². The van der Waals surface area contributed by atoms with Gasteiger partial charge in [0, 0.05) is 24.0 Å². The van der Waals surface area contributed by atoms with E-state index >= 15 is 0 Å². The summed E-state index contributed by atoms with van der Waals surface area (Å²) in [5.74, 6) is 0.824. The molecule has 1 aromatic carbocycles. The smallest absolute Gasteiger partial charge is 0.241 e. The number of aryl methyl sites for hydroxylation is 1. The first-order valence-corrected chi connectivity index (χ1v) is 8.50. The van der Waals surface area contributed by atoms with E-state index in [0.29, 0.717) is 12.3 Å². The lowest BCUT2D eigenvalue weighted by Crippen LogP contribution is -2.49. The summed E-state index contributed by atoms with van der Waals surface area (Å²) < 4.78 is 0. The molecule has 0 spiro atoms. The minimum absolute atomic E-state index is 0.00517. The molecule has 0 bridgehead atoms. The SMILES string of the molecule is CC[C@H](C)[C@H](NC[C@@H](N)CS)C(=O)Nc1cccc(C)c1C. The van der Waals surface area contributed by atoms with Crippen LogP contribution in [0.5, 0.6) is 0 Å². The molecule has 0 unspecified atom stereocenters. The maximum absolute atomic E-state index is 12.6. The lowest BCUT2D eigenvalue weighted by Gasteiger charge is -2.25. The van der Waals surface area contributed by atoms with E-state index in [1.807, 2.05) is 32.0 Å². The van der Waals surface area contributed by atoms with Crippen LogP contribution in [0, 0.1) is 19.8 Å². The fourth-order valence-corrected chi connectivity index (χ4v) is 2.36. The van der Waals surface area contributed by atoms with E-state index in [4.69, 9.17) is 5.73 Å². The van der Waals surface area contributed by atoms with Crippen LogP contribution in [-0.2, 0) is 4.79 Å². The normalized spacial score (nSPS) is 15.2. The molecule has 3 atom stereocenters. The van der Waals surface area contributed by atoms with Gasteiger partial charge in [0.25, 0.3) is 0 Å². The first-order chi connectivity index (χ1) is 10.4. The summed E-state index contributed by atoms with van der Waals surface area (Å²) in [5, 5.41) is 6.34. The summed E-state index contributed by atoms with van der Waals surface area (Å²) in [6.07, 6.45) is 0.925. The van der Waals surface area contributed by atoms with E-state index in [9.17, 15) is 4.79 Å². The van der Waals surface area contributed by atoms with Crippen molar-refractivity contribution in [2.24, 2.45) is 11.7 Å². The lowest BCUT2D eigenvalue weighted by molar-refractivity contribution is -0.119. The van der Waals surface area contributed by atoms with Crippen LogP contribution in [0.25, 0.3) is 0 Å². The van der Waals surface area contributed by atoms with Crippen molar-refractivity contribution in [1.82, 2.24) is 5.32 Å². The topological polar surface area (TPSA) is 67.1 Å². The molecule has 124 valence electrons. The van der Waals surface area contributed by atoms with Crippen LogP contribution in [0.15, 0.2) is 18.2 Å². The van der Waals surface area contributed by atoms with Crippen molar-refractivity contribution in [2.75, 3.05) is 17.6 Å². The minimum atomic E-state index is -0.254. The first-order valence-electron chi connectivity index (χ1n) is 7.87. The van der Waals surface area contributed by atoms with Gasteiger partial charge in [-0.2, -0.15) is 12.6 Å². The lowest BCUT2D eigenvalue weighted by atomic mass is 9.97. The second-order valence-electron chi connectivity index (χ2n) is 5.95. The summed E-state index contributed by atoms with van der Waals surface area (Å²) in [6, 6.07) is 5.63. The second kappa shape index (κ2) is 9.18. The molecule has 0 saturated carbocycles. The molecule has 1 rings (SSSR count). The minimum Gasteiger partial charge on any atom is -0.326 e. The van der Waals surface area contributed by atoms with Gasteiger partial charge in [-0.3, -0.25) is 4.79 Å². The van der Waals surface area contributed by atoms with Crippen LogP contribution in [0.2, 0.25) is 0 Å². The molecular weight excluding hydrogens is 294 g/mol. The zero-order chi connectivity index (χ0) is 16.7. The zero-order valence-electron chi connectivity index (χ0n) is 14.0. The molecule has 0 aromatic heterocycles. The Bertz CT molecular complexity index is 493. The third-order valence-electron chi connectivity index (χ3n) is 4.19. The van der Waals surface area contributed by atoms with Crippen molar-refractivity contribution >= 4 is 24.2 Å². The average molecular weight is 324 g/mol. The Hall–Kier alpha value is -1.04. The number of rotatable bonds is 8. The molecule has 0 radical (unpaired) electrons. The molecule has 4 N–H and O–H groups in total. The highest BCUT2D eigenvalue weighted by atomic mass is 32.1. The fraction of sp³-hybridized carbons (Fsp3) is 0.588. The first kappa shape index (κ1) is 19.0. The van der Waals surface area contributed by atoms with Crippen LogP contribution in [0.4, 0.5) is 5.69 Å². The van der Waals surface area contributed by atoms with Crippen LogP contribution in [-0.4, -0.2) is 30.3 Å². The van der Waals surface area contributed by atoms with E-state index < -0.39 is 0 Å². The molecule has 0 aliphatic heterocycles. The summed E-state index contributed by atoms with van der Waals surface area (Å²) >= 11 is 4.18. The van der Waals surface area contributed by atoms with Gasteiger partial charge in [-0.05, 0) is 37.0 Å². The number of anilines is 1. The number of benzene rings is 1. The van der Waals surface area contributed by atoms with Crippen molar-refractivity contribution in [3.8, 4) is 0 Å². The van der Waals surface area contributed by atoms with Gasteiger partial charge in [0.05, 0.1) is 6.04 Å². The maximum Gasteiger partial charge on any atom is 0.241 e. The predicted molar refractivity (Wildman–Crippen MR) is 97.6 cm³/mol. The summed E-state index contributed by atoms with van der Waals surface area (Å²) in [6.45, 7) is 8.81. The van der Waals surface area contributed by atoms with Crippen LogP contribution < -0.4 is 16.4 Å². The summed E-state index contributed by atoms with van der Waals surface area (Å²) in [4.78, 5) is 12.6. The van der Waals surface area contributed by atoms with Crippen molar-refractivity contribution < 1.29 is 4.79 Å². The van der Waals surface area contributed by atoms with Gasteiger partial charge in [-0.15, -0.1) is 0 Å². The average Bonchev–Trinajstić information content (AvgIpc) is 2.51. The Labute approximate surface area is 139 Å². The molecule has 0 aliphatic rings. The predicted octanol–water partition coefficient (Wildman–Crippen LogP) is 2.50. The third-order valence-corrected chi connectivity index (χ3v) is 4.66. The molecule has 4 nitrogen and oxygen atoms in total. The van der Waals surface area contributed by atoms with Crippen molar-refractivity contribution in [1.29, 1.82) is 0 Å². The van der Waals surface area contributed by atoms with Gasteiger partial charge in [0.2, 0.25) is 5.91 Å². The Morgan fingerprint density at radius 1 is 1.36 bits per heavy atom. The maximum atomic E-state index is 12.6. The Morgan fingerprint density at radius 3 is 2.64 bits per heavy atom. The summed E-state index contributed by atoms with van der Waals surface area (Å²) in [7, 11) is 0. The molecule has 1 amide bonds. The molecule has 22 heavy (non-hydrogen) atoms. The van der Waals surface area contributed by atoms with Crippen LogP contribution in [0.3, 0.4) is 0 Å². The molecule has 0 heterocycles. The zero-order valence-corrected chi connectivity index (χ0v) is 14.9. The largest absolute Gasteiger partial charge is 0.326 e. The van der Waals surface area contributed by atoms with E-state index in [1.54, 1.807) is 0 Å². The Balaban J connectivity index is 2.81. The summed E-state index contributed by atoms with van der Waals surface area (Å²) in [5.41, 5.74) is 9.03.